The van der Waals surface area contributed by atoms with Crippen LogP contribution >= 0.6 is 0 Å². The Morgan fingerprint density at radius 2 is 1.83 bits per heavy atom. The molecule has 0 saturated carbocycles. The zero-order valence-electron chi connectivity index (χ0n) is 13.8. The van der Waals surface area contributed by atoms with E-state index in [1.807, 2.05) is 0 Å². The molecule has 4 nitrogen and oxygen atoms in total. The van der Waals surface area contributed by atoms with Crippen LogP contribution in [-0.4, -0.2) is 49.7 Å². The van der Waals surface area contributed by atoms with Crippen molar-refractivity contribution in [1.82, 2.24) is 10.2 Å². The molecule has 1 aromatic carbocycles. The normalized spacial score (nSPS) is 20.9. The predicted molar refractivity (Wildman–Crippen MR) is 86.8 cm³/mol. The van der Waals surface area contributed by atoms with E-state index in [1.54, 1.807) is 0 Å². The van der Waals surface area contributed by atoms with Gasteiger partial charge >= 0.3 is 0 Å². The number of rotatable bonds is 4. The maximum absolute atomic E-state index is 13.2. The van der Waals surface area contributed by atoms with Gasteiger partial charge in [0, 0.05) is 31.4 Å². The van der Waals surface area contributed by atoms with Gasteiger partial charge in [-0.1, -0.05) is 0 Å². The minimum absolute atomic E-state index is 0.161. The SMILES string of the molecule is O=C(NCC1CCN(C2CCOCC2)CC1)c1ccc(F)c(F)c1. The van der Waals surface area contributed by atoms with Crippen LogP contribution in [0.1, 0.15) is 36.0 Å². The van der Waals surface area contributed by atoms with E-state index in [9.17, 15) is 13.6 Å². The molecular formula is C18H24F2N2O2. The summed E-state index contributed by atoms with van der Waals surface area (Å²) in [5.74, 6) is -1.84. The highest BCUT2D eigenvalue weighted by atomic mass is 19.2. The van der Waals surface area contributed by atoms with Crippen molar-refractivity contribution in [3.8, 4) is 0 Å². The summed E-state index contributed by atoms with van der Waals surface area (Å²) in [6.45, 7) is 4.40. The Bertz CT molecular complexity index is 568. The Balaban J connectivity index is 1.42. The Labute approximate surface area is 141 Å². The molecule has 132 valence electrons. The van der Waals surface area contributed by atoms with Crippen molar-refractivity contribution in [3.63, 3.8) is 0 Å². The van der Waals surface area contributed by atoms with Gasteiger partial charge < -0.3 is 15.0 Å². The molecule has 2 aliphatic heterocycles. The van der Waals surface area contributed by atoms with Gasteiger partial charge in [-0.05, 0) is 62.9 Å². The van der Waals surface area contributed by atoms with E-state index < -0.39 is 11.6 Å². The molecule has 0 spiro atoms. The number of nitrogens with zero attached hydrogens (tertiary/aromatic N) is 1. The van der Waals surface area contributed by atoms with Crippen molar-refractivity contribution in [3.05, 3.63) is 35.4 Å². The zero-order chi connectivity index (χ0) is 16.9. The number of hydrogen-bond donors (Lipinski definition) is 1. The molecule has 2 fully saturated rings. The summed E-state index contributed by atoms with van der Waals surface area (Å²) in [6, 6.07) is 3.87. The number of likely N-dealkylation sites (tertiary alicyclic amines) is 1. The third-order valence-electron chi connectivity index (χ3n) is 5.09. The quantitative estimate of drug-likeness (QED) is 0.917. The summed E-state index contributed by atoms with van der Waals surface area (Å²) in [5.41, 5.74) is 0.161. The third kappa shape index (κ3) is 4.30. The number of carbonyl (C=O) groups excluding carboxylic acids is 1. The van der Waals surface area contributed by atoms with Crippen molar-refractivity contribution in [2.24, 2.45) is 5.92 Å². The molecule has 0 aromatic heterocycles. The minimum Gasteiger partial charge on any atom is -0.381 e. The molecule has 2 heterocycles. The van der Waals surface area contributed by atoms with Gasteiger partial charge in [-0.15, -0.1) is 0 Å². The van der Waals surface area contributed by atoms with Gasteiger partial charge in [0.15, 0.2) is 11.6 Å². The van der Waals surface area contributed by atoms with Crippen molar-refractivity contribution >= 4 is 5.91 Å². The van der Waals surface area contributed by atoms with Gasteiger partial charge in [0.1, 0.15) is 0 Å². The molecule has 2 saturated heterocycles. The number of carbonyl (C=O) groups is 1. The highest BCUT2D eigenvalue weighted by Gasteiger charge is 2.26. The Kier molecular flexibility index (Phi) is 5.79. The molecule has 6 heteroatoms. The van der Waals surface area contributed by atoms with Crippen molar-refractivity contribution in [2.75, 3.05) is 32.8 Å². The van der Waals surface area contributed by atoms with E-state index in [-0.39, 0.29) is 11.5 Å². The molecule has 1 amide bonds. The van der Waals surface area contributed by atoms with Crippen LogP contribution in [-0.2, 0) is 4.74 Å². The molecule has 3 rings (SSSR count). The summed E-state index contributed by atoms with van der Waals surface area (Å²) in [4.78, 5) is 14.6. The number of nitrogens with one attached hydrogen (secondary N) is 1. The molecule has 0 unspecified atom stereocenters. The molecule has 0 bridgehead atoms. The fourth-order valence-electron chi connectivity index (χ4n) is 3.55. The predicted octanol–water partition coefficient (Wildman–Crippen LogP) is 2.59. The molecule has 0 radical (unpaired) electrons. The van der Waals surface area contributed by atoms with E-state index in [0.29, 0.717) is 18.5 Å². The van der Waals surface area contributed by atoms with Crippen LogP contribution in [0.3, 0.4) is 0 Å². The topological polar surface area (TPSA) is 41.6 Å². The number of halogens is 2. The first kappa shape index (κ1) is 17.3. The van der Waals surface area contributed by atoms with E-state index in [2.05, 4.69) is 10.2 Å². The summed E-state index contributed by atoms with van der Waals surface area (Å²) in [7, 11) is 0. The third-order valence-corrected chi connectivity index (χ3v) is 5.09. The summed E-state index contributed by atoms with van der Waals surface area (Å²) in [6.07, 6.45) is 4.32. The first-order valence-electron chi connectivity index (χ1n) is 8.68. The monoisotopic (exact) mass is 338 g/mol. The lowest BCUT2D eigenvalue weighted by molar-refractivity contribution is 0.0211. The number of piperidine rings is 1. The van der Waals surface area contributed by atoms with Crippen LogP contribution in [0.15, 0.2) is 18.2 Å². The minimum atomic E-state index is -0.993. The smallest absolute Gasteiger partial charge is 0.251 e. The molecule has 24 heavy (non-hydrogen) atoms. The molecule has 1 aromatic rings. The van der Waals surface area contributed by atoms with Crippen LogP contribution in [0.2, 0.25) is 0 Å². The highest BCUT2D eigenvalue weighted by molar-refractivity contribution is 5.94. The maximum Gasteiger partial charge on any atom is 0.251 e. The van der Waals surface area contributed by atoms with Crippen molar-refractivity contribution in [2.45, 2.75) is 31.7 Å². The first-order chi connectivity index (χ1) is 11.6. The standard InChI is InChI=1S/C18H24F2N2O2/c19-16-2-1-14(11-17(16)20)18(23)21-12-13-3-7-22(8-4-13)15-5-9-24-10-6-15/h1-2,11,13,15H,3-10,12H2,(H,21,23). The van der Waals surface area contributed by atoms with E-state index in [4.69, 9.17) is 4.74 Å². The molecule has 0 atom stereocenters. The fraction of sp³-hybridized carbons (Fsp3) is 0.611. The fourth-order valence-corrected chi connectivity index (χ4v) is 3.55. The van der Waals surface area contributed by atoms with Gasteiger partial charge in [0.25, 0.3) is 5.91 Å². The van der Waals surface area contributed by atoms with Crippen LogP contribution in [0.25, 0.3) is 0 Å². The second-order valence-corrected chi connectivity index (χ2v) is 6.66. The lowest BCUT2D eigenvalue weighted by atomic mass is 9.94. The van der Waals surface area contributed by atoms with Crippen molar-refractivity contribution < 1.29 is 18.3 Å². The van der Waals surface area contributed by atoms with Crippen LogP contribution in [0.5, 0.6) is 0 Å². The average Bonchev–Trinajstić information content (AvgIpc) is 2.63. The lowest BCUT2D eigenvalue weighted by Gasteiger charge is -2.39. The van der Waals surface area contributed by atoms with E-state index in [1.165, 1.54) is 6.07 Å². The Morgan fingerprint density at radius 3 is 2.50 bits per heavy atom. The second kappa shape index (κ2) is 8.03. The van der Waals surface area contributed by atoms with Gasteiger partial charge in [-0.25, -0.2) is 8.78 Å². The average molecular weight is 338 g/mol. The number of hydrogen-bond acceptors (Lipinski definition) is 3. The summed E-state index contributed by atoms with van der Waals surface area (Å²) < 4.78 is 31.5. The Hall–Kier alpha value is -1.53. The molecule has 2 aliphatic rings. The number of amides is 1. The molecular weight excluding hydrogens is 314 g/mol. The largest absolute Gasteiger partial charge is 0.381 e. The van der Waals surface area contributed by atoms with Gasteiger partial charge in [0.05, 0.1) is 0 Å². The van der Waals surface area contributed by atoms with Crippen LogP contribution < -0.4 is 5.32 Å². The van der Waals surface area contributed by atoms with E-state index in [0.717, 1.165) is 64.1 Å². The van der Waals surface area contributed by atoms with Gasteiger partial charge in [-0.2, -0.15) is 0 Å². The summed E-state index contributed by atoms with van der Waals surface area (Å²) in [5, 5.41) is 2.84. The van der Waals surface area contributed by atoms with Gasteiger partial charge in [0.2, 0.25) is 0 Å². The lowest BCUT2D eigenvalue weighted by Crippen LogP contribution is -2.45. The zero-order valence-corrected chi connectivity index (χ0v) is 13.8. The highest BCUT2D eigenvalue weighted by Crippen LogP contribution is 2.23. The van der Waals surface area contributed by atoms with E-state index >= 15 is 0 Å². The van der Waals surface area contributed by atoms with Crippen LogP contribution in [0.4, 0.5) is 8.78 Å². The molecule has 0 aliphatic carbocycles. The maximum atomic E-state index is 13.2. The summed E-state index contributed by atoms with van der Waals surface area (Å²) >= 11 is 0. The Morgan fingerprint density at radius 1 is 1.12 bits per heavy atom. The van der Waals surface area contributed by atoms with Crippen molar-refractivity contribution in [1.29, 1.82) is 0 Å². The first-order valence-corrected chi connectivity index (χ1v) is 8.68. The van der Waals surface area contributed by atoms with Gasteiger partial charge in [-0.3, -0.25) is 4.79 Å². The second-order valence-electron chi connectivity index (χ2n) is 6.66. The molecule has 1 N–H and O–H groups in total. The number of benzene rings is 1. The van der Waals surface area contributed by atoms with Crippen LogP contribution in [0, 0.1) is 17.6 Å². The number of ether oxygens (including phenoxy) is 1.